The van der Waals surface area contributed by atoms with E-state index in [1.165, 1.54) is 16.4 Å². The Hall–Kier alpha value is -0.371. The first-order chi connectivity index (χ1) is 7.26. The van der Waals surface area contributed by atoms with E-state index in [0.29, 0.717) is 20.9 Å². The normalized spacial score (nSPS) is 24.2. The van der Waals surface area contributed by atoms with Crippen LogP contribution in [0.2, 0.25) is 5.82 Å². The molecule has 1 N–H and O–H groups in total. The second-order valence-electron chi connectivity index (χ2n) is 4.05. The zero-order valence-electron chi connectivity index (χ0n) is 9.09. The molecule has 0 heterocycles. The number of rotatable bonds is 4. The molecule has 1 aromatic carbocycles. The molecule has 0 amide bonds. The maximum atomic E-state index is 13.2. The predicted molar refractivity (Wildman–Crippen MR) is 62.4 cm³/mol. The molecule has 1 aliphatic rings. The summed E-state index contributed by atoms with van der Waals surface area (Å²) in [7, 11) is 1.98. The van der Waals surface area contributed by atoms with E-state index < -0.39 is 0 Å². The molecule has 1 fully saturated rings. The molecule has 0 saturated heterocycles. The third kappa shape index (κ3) is 2.41. The summed E-state index contributed by atoms with van der Waals surface area (Å²) in [4.78, 5) is 0. The van der Waals surface area contributed by atoms with Crippen LogP contribution in [0.3, 0.4) is 0 Å². The Labute approximate surface area is 96.6 Å². The summed E-state index contributed by atoms with van der Waals surface area (Å²) in [6, 6.07) is 5.28. The van der Waals surface area contributed by atoms with E-state index in [4.69, 9.17) is 0 Å². The van der Waals surface area contributed by atoms with Crippen LogP contribution >= 0.6 is 0 Å². The molecule has 82 valence electrons. The van der Waals surface area contributed by atoms with E-state index in [1.807, 2.05) is 13.1 Å². The fraction of sp³-hybridized carbons (Fsp3) is 0.500. The summed E-state index contributed by atoms with van der Waals surface area (Å²) in [5.74, 6) is 3.43. The third-order valence-corrected chi connectivity index (χ3v) is 4.68. The van der Waals surface area contributed by atoms with Crippen molar-refractivity contribution in [3.8, 4) is 0 Å². The van der Waals surface area contributed by atoms with Crippen molar-refractivity contribution in [2.75, 3.05) is 13.6 Å². The first-order valence-electron chi connectivity index (χ1n) is 5.24. The number of hydrogen-bond acceptors (Lipinski definition) is 1. The van der Waals surface area contributed by atoms with Gasteiger partial charge in [-0.05, 0) is 0 Å². The van der Waals surface area contributed by atoms with Crippen LogP contribution in [-0.4, -0.2) is 28.5 Å². The molecule has 1 aliphatic carbocycles. The van der Waals surface area contributed by atoms with Crippen LogP contribution in [0.4, 0.5) is 4.39 Å². The number of halogens is 1. The Bertz CT molecular complexity index is 353. The third-order valence-electron chi connectivity index (χ3n) is 2.98. The summed E-state index contributed by atoms with van der Waals surface area (Å²) in [6.07, 6.45) is 1.22. The van der Waals surface area contributed by atoms with Crippen molar-refractivity contribution in [1.29, 1.82) is 0 Å². The van der Waals surface area contributed by atoms with Gasteiger partial charge in [-0.25, -0.2) is 0 Å². The molecule has 2 rings (SSSR count). The van der Waals surface area contributed by atoms with Crippen molar-refractivity contribution >= 4 is 19.4 Å². The van der Waals surface area contributed by atoms with Crippen LogP contribution in [0, 0.1) is 11.7 Å². The van der Waals surface area contributed by atoms with E-state index in [2.05, 4.69) is 11.1 Å². The zero-order chi connectivity index (χ0) is 10.8. The van der Waals surface area contributed by atoms with Crippen molar-refractivity contribution in [3.05, 3.63) is 29.6 Å². The summed E-state index contributed by atoms with van der Waals surface area (Å²) >= 11 is 0.468. The van der Waals surface area contributed by atoms with Crippen molar-refractivity contribution in [1.82, 2.24) is 5.32 Å². The molecule has 1 saturated carbocycles. The molecule has 0 radical (unpaired) electrons. The molecule has 2 unspecified atom stereocenters. The molecule has 15 heavy (non-hydrogen) atoms. The van der Waals surface area contributed by atoms with Gasteiger partial charge in [-0.3, -0.25) is 0 Å². The fourth-order valence-corrected chi connectivity index (χ4v) is 3.48. The van der Waals surface area contributed by atoms with Gasteiger partial charge in [-0.15, -0.1) is 0 Å². The summed E-state index contributed by atoms with van der Waals surface area (Å²) in [5, 5.41) is 3.19. The maximum absolute atomic E-state index is 13.2. The Morgan fingerprint density at radius 2 is 2.33 bits per heavy atom. The van der Waals surface area contributed by atoms with Gasteiger partial charge in [0.2, 0.25) is 0 Å². The molecule has 2 atom stereocenters. The van der Waals surface area contributed by atoms with Crippen LogP contribution in [0.25, 0.3) is 0 Å². The molecule has 0 aliphatic heterocycles. The van der Waals surface area contributed by atoms with Crippen LogP contribution in [0.15, 0.2) is 18.2 Å². The molecule has 0 bridgehead atoms. The van der Waals surface area contributed by atoms with Crippen molar-refractivity contribution in [3.63, 3.8) is 0 Å². The van der Waals surface area contributed by atoms with E-state index in [9.17, 15) is 4.39 Å². The molecule has 0 aromatic heterocycles. The monoisotopic (exact) mass is 273 g/mol. The van der Waals surface area contributed by atoms with E-state index >= 15 is 0 Å². The van der Waals surface area contributed by atoms with E-state index in [0.717, 1.165) is 12.5 Å². The summed E-state index contributed by atoms with van der Waals surface area (Å²) in [6.45, 7) is 1.05. The van der Waals surface area contributed by atoms with Gasteiger partial charge in [-0.1, -0.05) is 0 Å². The summed E-state index contributed by atoms with van der Waals surface area (Å²) in [5.41, 5.74) is 1.26. The van der Waals surface area contributed by atoms with Crippen LogP contribution in [-0.2, 0) is 0 Å². The van der Waals surface area contributed by atoms with Gasteiger partial charge in [0.15, 0.2) is 0 Å². The number of hydrogen-bond donors (Lipinski definition) is 1. The summed E-state index contributed by atoms with van der Waals surface area (Å²) < 4.78 is 14.5. The van der Waals surface area contributed by atoms with Crippen molar-refractivity contribution in [2.45, 2.75) is 18.2 Å². The topological polar surface area (TPSA) is 12.0 Å². The van der Waals surface area contributed by atoms with Gasteiger partial charge in [0.1, 0.15) is 0 Å². The molecule has 3 heteroatoms. The first-order valence-corrected chi connectivity index (χ1v) is 7.81. The molecule has 1 nitrogen and oxygen atoms in total. The van der Waals surface area contributed by atoms with Gasteiger partial charge in [0.25, 0.3) is 0 Å². The average Bonchev–Trinajstić information content (AvgIpc) is 2.98. The van der Waals surface area contributed by atoms with E-state index in [1.54, 1.807) is 12.1 Å². The minimum atomic E-state index is -0.0897. The van der Waals surface area contributed by atoms with Crippen LogP contribution < -0.4 is 9.78 Å². The standard InChI is InChI=1S/C12H16FNSe/c1-14-7-8-5-10(8)11-6-9(13)3-4-12(11)15-2/h3-4,6,8,10,14H,5,7H2,1-2H3. The van der Waals surface area contributed by atoms with Gasteiger partial charge in [0, 0.05) is 0 Å². The SMILES string of the molecule is CNCC1CC1c1cc(F)ccc1[Se]C. The Morgan fingerprint density at radius 3 is 3.00 bits per heavy atom. The second kappa shape index (κ2) is 4.65. The average molecular weight is 272 g/mol. The number of benzene rings is 1. The minimum absolute atomic E-state index is 0.0897. The van der Waals surface area contributed by atoms with Gasteiger partial charge < -0.3 is 0 Å². The molecular weight excluding hydrogens is 256 g/mol. The van der Waals surface area contributed by atoms with Crippen LogP contribution in [0.5, 0.6) is 0 Å². The Kier molecular flexibility index (Phi) is 3.45. The first kappa shape index (κ1) is 11.1. The number of nitrogens with one attached hydrogen (secondary N) is 1. The van der Waals surface area contributed by atoms with Gasteiger partial charge >= 0.3 is 96.4 Å². The predicted octanol–water partition coefficient (Wildman–Crippen LogP) is 1.53. The van der Waals surface area contributed by atoms with Crippen LogP contribution in [0.1, 0.15) is 17.9 Å². The Morgan fingerprint density at radius 1 is 1.53 bits per heavy atom. The molecular formula is C12H16FNSe. The molecule has 1 aromatic rings. The Balaban J connectivity index is 2.17. The van der Waals surface area contributed by atoms with Gasteiger partial charge in [-0.2, -0.15) is 0 Å². The quantitative estimate of drug-likeness (QED) is 0.820. The zero-order valence-corrected chi connectivity index (χ0v) is 10.8. The fourth-order valence-electron chi connectivity index (χ4n) is 2.11. The van der Waals surface area contributed by atoms with Crippen molar-refractivity contribution < 1.29 is 4.39 Å². The second-order valence-corrected chi connectivity index (χ2v) is 5.83. The molecule has 0 spiro atoms. The van der Waals surface area contributed by atoms with E-state index in [-0.39, 0.29) is 5.82 Å². The van der Waals surface area contributed by atoms with Gasteiger partial charge in [0.05, 0.1) is 0 Å². The van der Waals surface area contributed by atoms with Crippen molar-refractivity contribution in [2.24, 2.45) is 5.92 Å².